The number of aldehydes is 1. The minimum atomic E-state index is -0.601. The summed E-state index contributed by atoms with van der Waals surface area (Å²) in [6.07, 6.45) is 0.524. The Balaban J connectivity index is 2.36. The van der Waals surface area contributed by atoms with Crippen LogP contribution in [0.4, 0.5) is 5.69 Å². The predicted octanol–water partition coefficient (Wildman–Crippen LogP) is 2.99. The van der Waals surface area contributed by atoms with Gasteiger partial charge >= 0.3 is 5.69 Å². The lowest BCUT2D eigenvalue weighted by atomic mass is 10.2. The Morgan fingerprint density at radius 3 is 2.52 bits per heavy atom. The maximum absolute atomic E-state index is 11.1. The van der Waals surface area contributed by atoms with E-state index in [4.69, 9.17) is 9.47 Å². The Bertz CT molecular complexity index is 655. The van der Waals surface area contributed by atoms with Gasteiger partial charge in [-0.05, 0) is 11.6 Å². The first-order valence-electron chi connectivity index (χ1n) is 6.14. The summed E-state index contributed by atoms with van der Waals surface area (Å²) >= 11 is 0. The van der Waals surface area contributed by atoms with E-state index in [9.17, 15) is 14.9 Å². The Hall–Kier alpha value is -2.89. The van der Waals surface area contributed by atoms with Crippen molar-refractivity contribution in [2.75, 3.05) is 7.11 Å². The smallest absolute Gasteiger partial charge is 0.315 e. The number of hydrogen-bond acceptors (Lipinski definition) is 5. The van der Waals surface area contributed by atoms with Crippen LogP contribution in [0.2, 0.25) is 0 Å². The summed E-state index contributed by atoms with van der Waals surface area (Å²) in [7, 11) is 1.36. The Morgan fingerprint density at radius 2 is 1.95 bits per heavy atom. The second kappa shape index (κ2) is 6.51. The third-order valence-corrected chi connectivity index (χ3v) is 2.84. The molecule has 0 saturated carbocycles. The number of benzene rings is 2. The SMILES string of the molecule is COc1cc(C=O)cc([N+](=O)[O-])c1OCc1ccccc1. The Kier molecular flexibility index (Phi) is 4.50. The van der Waals surface area contributed by atoms with E-state index in [2.05, 4.69) is 0 Å². The van der Waals surface area contributed by atoms with E-state index >= 15 is 0 Å². The molecule has 0 aliphatic heterocycles. The van der Waals surface area contributed by atoms with Crippen molar-refractivity contribution in [1.29, 1.82) is 0 Å². The highest BCUT2D eigenvalue weighted by Gasteiger charge is 2.22. The van der Waals surface area contributed by atoms with Crippen molar-refractivity contribution in [2.45, 2.75) is 6.61 Å². The van der Waals surface area contributed by atoms with Crippen molar-refractivity contribution in [3.05, 3.63) is 63.7 Å². The number of carbonyl (C=O) groups excluding carboxylic acids is 1. The van der Waals surface area contributed by atoms with E-state index in [-0.39, 0.29) is 29.4 Å². The molecule has 2 aromatic rings. The number of rotatable bonds is 6. The molecule has 0 aromatic heterocycles. The summed E-state index contributed by atoms with van der Waals surface area (Å²) in [6, 6.07) is 11.8. The largest absolute Gasteiger partial charge is 0.493 e. The number of nitrogens with zero attached hydrogens (tertiary/aromatic N) is 1. The summed E-state index contributed by atoms with van der Waals surface area (Å²) in [5, 5.41) is 11.1. The highest BCUT2D eigenvalue weighted by molar-refractivity contribution is 5.79. The molecular formula is C15H13NO5. The second-order valence-corrected chi connectivity index (χ2v) is 4.22. The summed E-state index contributed by atoms with van der Waals surface area (Å²) < 4.78 is 10.6. The molecule has 6 heteroatoms. The lowest BCUT2D eigenvalue weighted by Crippen LogP contribution is -2.02. The van der Waals surface area contributed by atoms with Crippen LogP contribution in [0.5, 0.6) is 11.5 Å². The molecule has 0 atom stereocenters. The molecule has 0 N–H and O–H groups in total. The second-order valence-electron chi connectivity index (χ2n) is 4.22. The topological polar surface area (TPSA) is 78.7 Å². The summed E-state index contributed by atoms with van der Waals surface area (Å²) in [5.74, 6) is 0.166. The molecule has 0 aliphatic rings. The van der Waals surface area contributed by atoms with Crippen LogP contribution in [0.15, 0.2) is 42.5 Å². The van der Waals surface area contributed by atoms with Gasteiger partial charge in [-0.2, -0.15) is 0 Å². The summed E-state index contributed by atoms with van der Waals surface area (Å²) in [6.45, 7) is 0.165. The molecule has 0 saturated heterocycles. The first-order chi connectivity index (χ1) is 10.2. The van der Waals surface area contributed by atoms with Gasteiger partial charge in [0, 0.05) is 11.6 Å². The summed E-state index contributed by atoms with van der Waals surface area (Å²) in [5.41, 5.74) is 0.728. The molecule has 0 spiro atoms. The fraction of sp³-hybridized carbons (Fsp3) is 0.133. The van der Waals surface area contributed by atoms with Crippen LogP contribution in [0, 0.1) is 10.1 Å². The van der Waals surface area contributed by atoms with Crippen molar-refractivity contribution in [2.24, 2.45) is 0 Å². The molecule has 0 aliphatic carbocycles. The van der Waals surface area contributed by atoms with Gasteiger partial charge in [0.25, 0.3) is 0 Å². The van der Waals surface area contributed by atoms with Gasteiger partial charge in [-0.1, -0.05) is 30.3 Å². The molecule has 0 radical (unpaired) electrons. The van der Waals surface area contributed by atoms with Crippen molar-refractivity contribution in [3.8, 4) is 11.5 Å². The lowest BCUT2D eigenvalue weighted by molar-refractivity contribution is -0.386. The van der Waals surface area contributed by atoms with Gasteiger partial charge in [-0.3, -0.25) is 14.9 Å². The maximum atomic E-state index is 11.1. The van der Waals surface area contributed by atoms with Crippen molar-refractivity contribution >= 4 is 12.0 Å². The van der Waals surface area contributed by atoms with E-state index in [1.54, 1.807) is 0 Å². The molecular weight excluding hydrogens is 274 g/mol. The van der Waals surface area contributed by atoms with Crippen LogP contribution in [-0.4, -0.2) is 18.3 Å². The van der Waals surface area contributed by atoms with Crippen LogP contribution < -0.4 is 9.47 Å². The molecule has 0 unspecified atom stereocenters. The van der Waals surface area contributed by atoms with Gasteiger partial charge in [0.15, 0.2) is 5.75 Å². The van der Waals surface area contributed by atoms with Crippen LogP contribution in [-0.2, 0) is 6.61 Å². The van der Waals surface area contributed by atoms with Gasteiger partial charge in [0.2, 0.25) is 5.75 Å². The minimum absolute atomic E-state index is 0.0111. The molecule has 0 heterocycles. The highest BCUT2D eigenvalue weighted by atomic mass is 16.6. The minimum Gasteiger partial charge on any atom is -0.493 e. The van der Waals surface area contributed by atoms with Gasteiger partial charge in [-0.15, -0.1) is 0 Å². The maximum Gasteiger partial charge on any atom is 0.315 e. The average molecular weight is 287 g/mol. The van der Waals surface area contributed by atoms with Crippen LogP contribution >= 0.6 is 0 Å². The van der Waals surface area contributed by atoms with Crippen molar-refractivity contribution in [3.63, 3.8) is 0 Å². The van der Waals surface area contributed by atoms with Gasteiger partial charge in [0.1, 0.15) is 12.9 Å². The van der Waals surface area contributed by atoms with Gasteiger partial charge in [-0.25, -0.2) is 0 Å². The monoisotopic (exact) mass is 287 g/mol. The normalized spacial score (nSPS) is 9.95. The Labute approximate surface area is 121 Å². The zero-order valence-electron chi connectivity index (χ0n) is 11.3. The number of carbonyl (C=O) groups is 1. The van der Waals surface area contributed by atoms with Crippen LogP contribution in [0.1, 0.15) is 15.9 Å². The fourth-order valence-electron chi connectivity index (χ4n) is 1.84. The lowest BCUT2D eigenvalue weighted by Gasteiger charge is -2.11. The van der Waals surface area contributed by atoms with Crippen LogP contribution in [0.3, 0.4) is 0 Å². The number of nitro benzene ring substituents is 1. The third kappa shape index (κ3) is 3.36. The first kappa shape index (κ1) is 14.5. The molecule has 2 rings (SSSR count). The number of hydrogen-bond donors (Lipinski definition) is 0. The first-order valence-corrected chi connectivity index (χ1v) is 6.14. The molecule has 0 fully saturated rings. The van der Waals surface area contributed by atoms with Gasteiger partial charge in [0.05, 0.1) is 12.0 Å². The zero-order chi connectivity index (χ0) is 15.2. The highest BCUT2D eigenvalue weighted by Crippen LogP contribution is 2.38. The standard InChI is InChI=1S/C15H13NO5/c1-20-14-8-12(9-17)7-13(16(18)19)15(14)21-10-11-5-3-2-4-6-11/h2-9H,10H2,1H3. The molecule has 21 heavy (non-hydrogen) atoms. The number of nitro groups is 1. The molecule has 0 amide bonds. The molecule has 0 bridgehead atoms. The average Bonchev–Trinajstić information content (AvgIpc) is 2.52. The van der Waals surface area contributed by atoms with E-state index in [1.807, 2.05) is 30.3 Å². The van der Waals surface area contributed by atoms with Crippen molar-refractivity contribution < 1.29 is 19.2 Å². The van der Waals surface area contributed by atoms with E-state index in [0.29, 0.717) is 6.29 Å². The molecule has 108 valence electrons. The van der Waals surface area contributed by atoms with Gasteiger partial charge < -0.3 is 9.47 Å². The van der Waals surface area contributed by atoms with E-state index in [1.165, 1.54) is 13.2 Å². The quantitative estimate of drug-likeness (QED) is 0.463. The zero-order valence-corrected chi connectivity index (χ0v) is 11.3. The fourth-order valence-corrected chi connectivity index (χ4v) is 1.84. The summed E-state index contributed by atoms with van der Waals surface area (Å²) in [4.78, 5) is 21.3. The van der Waals surface area contributed by atoms with E-state index < -0.39 is 4.92 Å². The van der Waals surface area contributed by atoms with E-state index in [0.717, 1.165) is 11.6 Å². The number of ether oxygens (including phenoxy) is 2. The Morgan fingerprint density at radius 1 is 1.24 bits per heavy atom. The number of methoxy groups -OCH3 is 1. The molecule has 6 nitrogen and oxygen atoms in total. The van der Waals surface area contributed by atoms with Crippen molar-refractivity contribution in [1.82, 2.24) is 0 Å². The predicted molar refractivity (Wildman–Crippen MR) is 75.8 cm³/mol. The van der Waals surface area contributed by atoms with Crippen LogP contribution in [0.25, 0.3) is 0 Å². The molecule has 2 aromatic carbocycles. The third-order valence-electron chi connectivity index (χ3n) is 2.84.